The Hall–Kier alpha value is -1.12. The molecule has 3 nitrogen and oxygen atoms in total. The van der Waals surface area contributed by atoms with Gasteiger partial charge in [-0.25, -0.2) is 4.98 Å². The van der Waals surface area contributed by atoms with E-state index in [-0.39, 0.29) is 0 Å². The maximum atomic E-state index is 10.8. The van der Waals surface area contributed by atoms with Gasteiger partial charge in [-0.15, -0.1) is 0 Å². The van der Waals surface area contributed by atoms with Crippen LogP contribution in [0.5, 0.6) is 0 Å². The van der Waals surface area contributed by atoms with E-state index in [1.807, 2.05) is 4.57 Å². The Balaban J connectivity index is 2.20. The van der Waals surface area contributed by atoms with Crippen LogP contribution in [0.4, 0.5) is 0 Å². The summed E-state index contributed by atoms with van der Waals surface area (Å²) in [6.45, 7) is 4.60. The number of imidazole rings is 1. The van der Waals surface area contributed by atoms with Crippen LogP contribution in [0.1, 0.15) is 56.1 Å². The number of nitrogens with zero attached hydrogens (tertiary/aromatic N) is 2. The Kier molecular flexibility index (Phi) is 2.63. The summed E-state index contributed by atoms with van der Waals surface area (Å²) in [6, 6.07) is 0.455. The molecule has 3 heteroatoms. The van der Waals surface area contributed by atoms with E-state index in [0.717, 1.165) is 12.7 Å². The van der Waals surface area contributed by atoms with Crippen molar-refractivity contribution in [1.82, 2.24) is 9.55 Å². The summed E-state index contributed by atoms with van der Waals surface area (Å²) in [4.78, 5) is 14.9. The van der Waals surface area contributed by atoms with Crippen molar-refractivity contribution in [3.63, 3.8) is 0 Å². The molecule has 0 aliphatic heterocycles. The Morgan fingerprint density at radius 3 is 3.07 bits per heavy atom. The zero-order chi connectivity index (χ0) is 10.9. The number of hydrogen-bond donors (Lipinski definition) is 0. The van der Waals surface area contributed by atoms with Gasteiger partial charge >= 0.3 is 0 Å². The van der Waals surface area contributed by atoms with Gasteiger partial charge in [0.15, 0.2) is 6.29 Å². The van der Waals surface area contributed by atoms with Crippen LogP contribution in [0.2, 0.25) is 0 Å². The van der Waals surface area contributed by atoms with Crippen molar-refractivity contribution in [1.29, 1.82) is 0 Å². The SMILES string of the molecule is CC1(C)CCCC(n2cncc2C=O)C1. The molecule has 1 saturated carbocycles. The first-order valence-electron chi connectivity index (χ1n) is 5.59. The summed E-state index contributed by atoms with van der Waals surface area (Å²) < 4.78 is 2.04. The first kappa shape index (κ1) is 10.4. The fourth-order valence-corrected chi connectivity index (χ4v) is 2.61. The Morgan fingerprint density at radius 2 is 2.40 bits per heavy atom. The lowest BCUT2D eigenvalue weighted by Gasteiger charge is -2.36. The molecule has 1 aliphatic carbocycles. The molecule has 1 atom stereocenters. The summed E-state index contributed by atoms with van der Waals surface area (Å²) in [6.07, 6.45) is 9.17. The fourth-order valence-electron chi connectivity index (χ4n) is 2.61. The van der Waals surface area contributed by atoms with Gasteiger partial charge in [0.1, 0.15) is 5.69 Å². The third-order valence-electron chi connectivity index (χ3n) is 3.39. The molecule has 0 amide bonds. The molecule has 1 fully saturated rings. The molecule has 1 aromatic rings. The summed E-state index contributed by atoms with van der Waals surface area (Å²) >= 11 is 0. The molecule has 1 aromatic heterocycles. The first-order chi connectivity index (χ1) is 7.12. The number of carbonyl (C=O) groups excluding carboxylic acids is 1. The Bertz CT molecular complexity index is 354. The third kappa shape index (κ3) is 2.11. The fraction of sp³-hybridized carbons (Fsp3) is 0.667. The molecule has 0 aromatic carbocycles. The van der Waals surface area contributed by atoms with E-state index in [2.05, 4.69) is 18.8 Å². The van der Waals surface area contributed by atoms with Gasteiger partial charge < -0.3 is 4.57 Å². The number of hydrogen-bond acceptors (Lipinski definition) is 2. The van der Waals surface area contributed by atoms with Crippen LogP contribution in [0, 0.1) is 5.41 Å². The van der Waals surface area contributed by atoms with Crippen LogP contribution >= 0.6 is 0 Å². The van der Waals surface area contributed by atoms with E-state index >= 15 is 0 Å². The molecular weight excluding hydrogens is 188 g/mol. The van der Waals surface area contributed by atoms with Crippen LogP contribution in [0.25, 0.3) is 0 Å². The normalized spacial score (nSPS) is 25.1. The van der Waals surface area contributed by atoms with Crippen LogP contribution in [-0.2, 0) is 0 Å². The van der Waals surface area contributed by atoms with Gasteiger partial charge in [-0.05, 0) is 24.7 Å². The van der Waals surface area contributed by atoms with Crippen LogP contribution < -0.4 is 0 Å². The molecular formula is C12H18N2O. The van der Waals surface area contributed by atoms with Crippen molar-refractivity contribution in [2.24, 2.45) is 5.41 Å². The van der Waals surface area contributed by atoms with Gasteiger partial charge in [0.25, 0.3) is 0 Å². The molecule has 0 saturated heterocycles. The molecule has 1 heterocycles. The molecule has 82 valence electrons. The highest BCUT2D eigenvalue weighted by molar-refractivity contribution is 5.71. The predicted octanol–water partition coefficient (Wildman–Crippen LogP) is 2.84. The second-order valence-electron chi connectivity index (χ2n) is 5.26. The first-order valence-corrected chi connectivity index (χ1v) is 5.59. The van der Waals surface area contributed by atoms with Crippen molar-refractivity contribution in [2.45, 2.75) is 45.6 Å². The summed E-state index contributed by atoms with van der Waals surface area (Å²) in [7, 11) is 0. The van der Waals surface area contributed by atoms with E-state index < -0.39 is 0 Å². The third-order valence-corrected chi connectivity index (χ3v) is 3.39. The highest BCUT2D eigenvalue weighted by Gasteiger charge is 2.29. The molecule has 1 unspecified atom stereocenters. The number of rotatable bonds is 2. The second-order valence-corrected chi connectivity index (χ2v) is 5.26. The molecule has 1 aliphatic rings. The van der Waals surface area contributed by atoms with Crippen molar-refractivity contribution < 1.29 is 4.79 Å². The lowest BCUT2D eigenvalue weighted by atomic mass is 9.75. The largest absolute Gasteiger partial charge is 0.325 e. The summed E-state index contributed by atoms with van der Waals surface area (Å²) in [5, 5.41) is 0. The quantitative estimate of drug-likeness (QED) is 0.697. The van der Waals surface area contributed by atoms with Crippen molar-refractivity contribution in [2.75, 3.05) is 0 Å². The highest BCUT2D eigenvalue weighted by atomic mass is 16.1. The molecule has 2 rings (SSSR count). The maximum Gasteiger partial charge on any atom is 0.168 e. The molecule has 15 heavy (non-hydrogen) atoms. The monoisotopic (exact) mass is 206 g/mol. The number of aldehydes is 1. The number of aromatic nitrogens is 2. The zero-order valence-electron chi connectivity index (χ0n) is 9.44. The van der Waals surface area contributed by atoms with E-state index in [0.29, 0.717) is 17.2 Å². The van der Waals surface area contributed by atoms with Crippen molar-refractivity contribution in [3.05, 3.63) is 18.2 Å². The van der Waals surface area contributed by atoms with E-state index in [1.54, 1.807) is 12.5 Å². The van der Waals surface area contributed by atoms with Crippen LogP contribution in [0.15, 0.2) is 12.5 Å². The Labute approximate surface area is 90.5 Å². The summed E-state index contributed by atoms with van der Waals surface area (Å²) in [5.74, 6) is 0. The van der Waals surface area contributed by atoms with Crippen LogP contribution in [0.3, 0.4) is 0 Å². The average Bonchev–Trinajstić information content (AvgIpc) is 2.63. The highest BCUT2D eigenvalue weighted by Crippen LogP contribution is 2.41. The second kappa shape index (κ2) is 3.80. The lowest BCUT2D eigenvalue weighted by Crippen LogP contribution is -2.25. The van der Waals surface area contributed by atoms with Crippen molar-refractivity contribution in [3.8, 4) is 0 Å². The van der Waals surface area contributed by atoms with Gasteiger partial charge in [-0.2, -0.15) is 0 Å². The number of carbonyl (C=O) groups is 1. The van der Waals surface area contributed by atoms with Gasteiger partial charge in [0, 0.05) is 6.04 Å². The smallest absolute Gasteiger partial charge is 0.168 e. The van der Waals surface area contributed by atoms with Gasteiger partial charge in [-0.3, -0.25) is 4.79 Å². The topological polar surface area (TPSA) is 34.9 Å². The lowest BCUT2D eigenvalue weighted by molar-refractivity contribution is 0.110. The molecule has 0 spiro atoms. The minimum atomic E-state index is 0.396. The minimum Gasteiger partial charge on any atom is -0.325 e. The molecule has 0 bridgehead atoms. The van der Waals surface area contributed by atoms with Crippen LogP contribution in [-0.4, -0.2) is 15.8 Å². The summed E-state index contributed by atoms with van der Waals surface area (Å²) in [5.41, 5.74) is 1.10. The minimum absolute atomic E-state index is 0.396. The standard InChI is InChI=1S/C12H18N2O/c1-12(2)5-3-4-10(6-12)14-9-13-7-11(14)8-15/h7-10H,3-6H2,1-2H3. The van der Waals surface area contributed by atoms with Gasteiger partial charge in [-0.1, -0.05) is 20.3 Å². The van der Waals surface area contributed by atoms with Gasteiger partial charge in [0.05, 0.1) is 12.5 Å². The average molecular weight is 206 g/mol. The van der Waals surface area contributed by atoms with Crippen molar-refractivity contribution >= 4 is 6.29 Å². The van der Waals surface area contributed by atoms with E-state index in [9.17, 15) is 4.79 Å². The maximum absolute atomic E-state index is 10.8. The predicted molar refractivity (Wildman–Crippen MR) is 58.9 cm³/mol. The zero-order valence-corrected chi connectivity index (χ0v) is 9.44. The molecule has 0 N–H and O–H groups in total. The van der Waals surface area contributed by atoms with Gasteiger partial charge in [0.2, 0.25) is 0 Å². The molecule has 0 radical (unpaired) electrons. The Morgan fingerprint density at radius 1 is 1.60 bits per heavy atom. The van der Waals surface area contributed by atoms with E-state index in [1.165, 1.54) is 19.3 Å². The van der Waals surface area contributed by atoms with E-state index in [4.69, 9.17) is 0 Å².